The number of hydrogen-bond donors (Lipinski definition) is 0. The molecule has 7 heteroatoms. The van der Waals surface area contributed by atoms with E-state index in [1.807, 2.05) is 62.4 Å². The summed E-state index contributed by atoms with van der Waals surface area (Å²) < 4.78 is 17.6. The van der Waals surface area contributed by atoms with Crippen LogP contribution in [0.3, 0.4) is 0 Å². The highest BCUT2D eigenvalue weighted by atomic mass is 32.2. The third-order valence-corrected chi connectivity index (χ3v) is 5.82. The van der Waals surface area contributed by atoms with E-state index in [0.717, 1.165) is 35.6 Å². The van der Waals surface area contributed by atoms with Gasteiger partial charge in [0.25, 0.3) is 5.91 Å². The molecule has 164 valence electrons. The van der Waals surface area contributed by atoms with E-state index in [0.29, 0.717) is 34.8 Å². The highest BCUT2D eigenvalue weighted by molar-refractivity contribution is 8.27. The van der Waals surface area contributed by atoms with Gasteiger partial charge in [-0.05, 0) is 68.3 Å². The van der Waals surface area contributed by atoms with E-state index in [-0.39, 0.29) is 5.91 Å². The number of unbranched alkanes of at least 4 members (excludes halogenated alkanes) is 1. The molecule has 31 heavy (non-hydrogen) atoms. The van der Waals surface area contributed by atoms with E-state index in [4.69, 9.17) is 26.4 Å². The van der Waals surface area contributed by atoms with Crippen molar-refractivity contribution < 1.29 is 19.0 Å². The molecule has 0 atom stereocenters. The maximum Gasteiger partial charge on any atom is 0.270 e. The maximum atomic E-state index is 13.0. The van der Waals surface area contributed by atoms with Crippen molar-refractivity contribution in [1.82, 2.24) is 0 Å². The van der Waals surface area contributed by atoms with Gasteiger partial charge in [0, 0.05) is 0 Å². The number of benzene rings is 2. The number of hydrogen-bond acceptors (Lipinski definition) is 6. The van der Waals surface area contributed by atoms with Crippen LogP contribution in [0.5, 0.6) is 17.2 Å². The molecule has 5 nitrogen and oxygen atoms in total. The largest absolute Gasteiger partial charge is 0.494 e. The first kappa shape index (κ1) is 23.2. The average Bonchev–Trinajstić information content (AvgIpc) is 3.04. The van der Waals surface area contributed by atoms with Crippen molar-refractivity contribution >= 4 is 46.0 Å². The number of anilines is 1. The fourth-order valence-electron chi connectivity index (χ4n) is 3.03. The molecule has 1 amide bonds. The van der Waals surface area contributed by atoms with Crippen LogP contribution in [0.1, 0.15) is 39.2 Å². The Balaban J connectivity index is 1.80. The van der Waals surface area contributed by atoms with Gasteiger partial charge in [0.05, 0.1) is 30.4 Å². The molecule has 0 unspecified atom stereocenters. The van der Waals surface area contributed by atoms with E-state index in [9.17, 15) is 4.79 Å². The molecule has 0 saturated carbocycles. The zero-order chi connectivity index (χ0) is 22.2. The highest BCUT2D eigenvalue weighted by Gasteiger charge is 2.33. The lowest BCUT2D eigenvalue weighted by molar-refractivity contribution is -0.113. The Morgan fingerprint density at radius 2 is 1.71 bits per heavy atom. The second kappa shape index (κ2) is 11.2. The summed E-state index contributed by atoms with van der Waals surface area (Å²) in [6, 6.07) is 13.1. The topological polar surface area (TPSA) is 48.0 Å². The zero-order valence-electron chi connectivity index (χ0n) is 18.1. The zero-order valence-corrected chi connectivity index (χ0v) is 19.7. The van der Waals surface area contributed by atoms with Crippen molar-refractivity contribution in [2.45, 2.75) is 33.6 Å². The van der Waals surface area contributed by atoms with Crippen LogP contribution in [0.25, 0.3) is 6.08 Å². The predicted molar refractivity (Wildman–Crippen MR) is 131 cm³/mol. The Labute approximate surface area is 193 Å². The summed E-state index contributed by atoms with van der Waals surface area (Å²) >= 11 is 6.77. The summed E-state index contributed by atoms with van der Waals surface area (Å²) in [4.78, 5) is 15.2. The first-order valence-corrected chi connectivity index (χ1v) is 11.7. The Kier molecular flexibility index (Phi) is 8.37. The third kappa shape index (κ3) is 5.80. The monoisotopic (exact) mass is 457 g/mol. The van der Waals surface area contributed by atoms with Crippen LogP contribution in [0.4, 0.5) is 5.69 Å². The standard InChI is InChI=1S/C24H27NO4S2/c1-4-7-14-29-20-13-8-17(15-21(20)28-6-3)16-22-23(26)25(24(30)31-22)18-9-11-19(12-10-18)27-5-2/h8-13,15-16H,4-7,14H2,1-3H3/b22-16-. The molecule has 1 aliphatic heterocycles. The van der Waals surface area contributed by atoms with Crippen molar-refractivity contribution in [2.75, 3.05) is 24.7 Å². The van der Waals surface area contributed by atoms with Crippen LogP contribution < -0.4 is 19.1 Å². The van der Waals surface area contributed by atoms with Crippen molar-refractivity contribution in [3.8, 4) is 17.2 Å². The molecule has 1 fully saturated rings. The number of thiocarbonyl (C=S) groups is 1. The number of thioether (sulfide) groups is 1. The molecular formula is C24H27NO4S2. The van der Waals surface area contributed by atoms with Gasteiger partial charge in [-0.2, -0.15) is 0 Å². The molecule has 3 rings (SSSR count). The van der Waals surface area contributed by atoms with Crippen LogP contribution in [0.2, 0.25) is 0 Å². The second-order valence-corrected chi connectivity index (χ2v) is 8.46. The van der Waals surface area contributed by atoms with Gasteiger partial charge in [-0.15, -0.1) is 0 Å². The van der Waals surface area contributed by atoms with Crippen LogP contribution in [-0.2, 0) is 4.79 Å². The molecule has 0 aliphatic carbocycles. The maximum absolute atomic E-state index is 13.0. The molecule has 0 N–H and O–H groups in total. The Morgan fingerprint density at radius 3 is 2.39 bits per heavy atom. The first-order chi connectivity index (χ1) is 15.1. The summed E-state index contributed by atoms with van der Waals surface area (Å²) in [5, 5.41) is 0. The van der Waals surface area contributed by atoms with Crippen molar-refractivity contribution in [1.29, 1.82) is 0 Å². The van der Waals surface area contributed by atoms with Gasteiger partial charge in [0.15, 0.2) is 15.8 Å². The van der Waals surface area contributed by atoms with Crippen LogP contribution >= 0.6 is 24.0 Å². The van der Waals surface area contributed by atoms with Gasteiger partial charge >= 0.3 is 0 Å². The molecule has 1 aliphatic rings. The smallest absolute Gasteiger partial charge is 0.270 e. The molecule has 2 aromatic rings. The number of rotatable bonds is 10. The van der Waals surface area contributed by atoms with Gasteiger partial charge in [-0.25, -0.2) is 0 Å². The lowest BCUT2D eigenvalue weighted by Crippen LogP contribution is -2.27. The summed E-state index contributed by atoms with van der Waals surface area (Å²) in [6.45, 7) is 7.77. The number of ether oxygens (including phenoxy) is 3. The molecule has 1 saturated heterocycles. The van der Waals surface area contributed by atoms with Gasteiger partial charge < -0.3 is 14.2 Å². The highest BCUT2D eigenvalue weighted by Crippen LogP contribution is 2.37. The van der Waals surface area contributed by atoms with Gasteiger partial charge in [-0.1, -0.05) is 43.4 Å². The molecule has 0 radical (unpaired) electrons. The SMILES string of the molecule is CCCCOc1ccc(/C=C2\SC(=S)N(c3ccc(OCC)cc3)C2=O)cc1OCC. The number of carbonyl (C=O) groups is 1. The lowest BCUT2D eigenvalue weighted by atomic mass is 10.1. The summed E-state index contributed by atoms with van der Waals surface area (Å²) in [7, 11) is 0. The second-order valence-electron chi connectivity index (χ2n) is 6.79. The van der Waals surface area contributed by atoms with E-state index >= 15 is 0 Å². The summed E-state index contributed by atoms with van der Waals surface area (Å²) in [5.74, 6) is 2.01. The molecule has 2 aromatic carbocycles. The average molecular weight is 458 g/mol. The van der Waals surface area contributed by atoms with Crippen molar-refractivity contribution in [3.63, 3.8) is 0 Å². The van der Waals surface area contributed by atoms with Crippen LogP contribution in [-0.4, -0.2) is 30.0 Å². The number of amides is 1. The normalized spacial score (nSPS) is 14.9. The fourth-order valence-corrected chi connectivity index (χ4v) is 4.33. The molecule has 1 heterocycles. The van der Waals surface area contributed by atoms with Crippen molar-refractivity contribution in [2.24, 2.45) is 0 Å². The lowest BCUT2D eigenvalue weighted by Gasteiger charge is -2.15. The Morgan fingerprint density at radius 1 is 0.968 bits per heavy atom. The summed E-state index contributed by atoms with van der Waals surface area (Å²) in [6.07, 6.45) is 3.89. The molecule has 0 spiro atoms. The summed E-state index contributed by atoms with van der Waals surface area (Å²) in [5.41, 5.74) is 1.59. The van der Waals surface area contributed by atoms with Crippen molar-refractivity contribution in [3.05, 3.63) is 52.9 Å². The fraction of sp³-hybridized carbons (Fsp3) is 0.333. The predicted octanol–water partition coefficient (Wildman–Crippen LogP) is 6.07. The van der Waals surface area contributed by atoms with E-state index in [1.54, 1.807) is 4.90 Å². The van der Waals surface area contributed by atoms with Crippen LogP contribution in [0, 0.1) is 0 Å². The minimum absolute atomic E-state index is 0.139. The Bertz CT molecular complexity index is 957. The van der Waals surface area contributed by atoms with E-state index in [2.05, 4.69) is 6.92 Å². The number of carbonyl (C=O) groups excluding carboxylic acids is 1. The first-order valence-electron chi connectivity index (χ1n) is 10.5. The molecule has 0 aromatic heterocycles. The van der Waals surface area contributed by atoms with Gasteiger partial charge in [0.2, 0.25) is 0 Å². The van der Waals surface area contributed by atoms with Gasteiger partial charge in [0.1, 0.15) is 5.75 Å². The Hall–Kier alpha value is -2.51. The van der Waals surface area contributed by atoms with E-state index in [1.165, 1.54) is 11.8 Å². The quantitative estimate of drug-likeness (QED) is 0.245. The molecule has 0 bridgehead atoms. The molecular weight excluding hydrogens is 430 g/mol. The van der Waals surface area contributed by atoms with Crippen LogP contribution in [0.15, 0.2) is 47.4 Å². The van der Waals surface area contributed by atoms with Gasteiger partial charge in [-0.3, -0.25) is 9.69 Å². The minimum atomic E-state index is -0.139. The number of nitrogens with zero attached hydrogens (tertiary/aromatic N) is 1. The third-order valence-electron chi connectivity index (χ3n) is 4.52. The van der Waals surface area contributed by atoms with E-state index < -0.39 is 0 Å². The minimum Gasteiger partial charge on any atom is -0.494 e.